The maximum Gasteiger partial charge on any atom is 0.0684 e. The Kier molecular flexibility index (Phi) is 1.58. The standard InChI is InChI=1S/C12H12O2/c13-5-7-1-10-8-3-9(6-14)11(4-8)12(10)2-7/h2-3,13-14H,1,4-6H2. The SMILES string of the molecule is OCC1=CC2=C(C1)C1=CC(CO)=C2C1. The topological polar surface area (TPSA) is 40.5 Å². The number of fused-ring (bicyclic) bond motifs is 4. The molecule has 3 aliphatic carbocycles. The third kappa shape index (κ3) is 0.873. The first-order chi connectivity index (χ1) is 6.83. The molecule has 0 amide bonds. The molecule has 0 aromatic heterocycles. The van der Waals surface area contributed by atoms with Crippen molar-refractivity contribution in [2.45, 2.75) is 12.8 Å². The zero-order valence-electron chi connectivity index (χ0n) is 7.88. The summed E-state index contributed by atoms with van der Waals surface area (Å²) in [7, 11) is 0. The van der Waals surface area contributed by atoms with Gasteiger partial charge in [-0.1, -0.05) is 12.2 Å². The number of rotatable bonds is 2. The second-order valence-corrected chi connectivity index (χ2v) is 4.04. The lowest BCUT2D eigenvalue weighted by atomic mass is 10.0. The van der Waals surface area contributed by atoms with Gasteiger partial charge in [-0.25, -0.2) is 0 Å². The fourth-order valence-corrected chi connectivity index (χ4v) is 2.58. The van der Waals surface area contributed by atoms with Crippen molar-refractivity contribution in [3.8, 4) is 0 Å². The van der Waals surface area contributed by atoms with Crippen LogP contribution in [0, 0.1) is 0 Å². The second kappa shape index (κ2) is 2.69. The second-order valence-electron chi connectivity index (χ2n) is 4.04. The van der Waals surface area contributed by atoms with E-state index >= 15 is 0 Å². The predicted octanol–water partition coefficient (Wildman–Crippen LogP) is 1.24. The molecule has 14 heavy (non-hydrogen) atoms. The van der Waals surface area contributed by atoms with Crippen molar-refractivity contribution in [3.05, 3.63) is 45.6 Å². The first-order valence-corrected chi connectivity index (χ1v) is 4.91. The van der Waals surface area contributed by atoms with Gasteiger partial charge in [-0.15, -0.1) is 0 Å². The molecule has 0 aromatic rings. The van der Waals surface area contributed by atoms with Gasteiger partial charge >= 0.3 is 0 Å². The molecule has 0 aromatic carbocycles. The van der Waals surface area contributed by atoms with Gasteiger partial charge in [0.25, 0.3) is 0 Å². The maximum absolute atomic E-state index is 9.14. The molecule has 0 saturated carbocycles. The molecule has 0 unspecified atom stereocenters. The van der Waals surface area contributed by atoms with Crippen molar-refractivity contribution in [3.63, 3.8) is 0 Å². The number of allylic oxidation sites excluding steroid dienone is 5. The van der Waals surface area contributed by atoms with Crippen LogP contribution in [0.4, 0.5) is 0 Å². The van der Waals surface area contributed by atoms with Crippen LogP contribution in [0.25, 0.3) is 0 Å². The summed E-state index contributed by atoms with van der Waals surface area (Å²) in [5, 5.41) is 18.2. The maximum atomic E-state index is 9.14. The van der Waals surface area contributed by atoms with Crippen LogP contribution in [0.2, 0.25) is 0 Å². The molecule has 3 rings (SSSR count). The fraction of sp³-hybridized carbons (Fsp3) is 0.333. The lowest BCUT2D eigenvalue weighted by molar-refractivity contribution is 0.329. The molecule has 0 aliphatic heterocycles. The van der Waals surface area contributed by atoms with Crippen LogP contribution in [-0.2, 0) is 0 Å². The molecule has 2 heteroatoms. The van der Waals surface area contributed by atoms with Crippen LogP contribution in [0.1, 0.15) is 12.8 Å². The third-order valence-corrected chi connectivity index (χ3v) is 3.27. The van der Waals surface area contributed by atoms with E-state index in [-0.39, 0.29) is 13.2 Å². The van der Waals surface area contributed by atoms with Crippen LogP contribution >= 0.6 is 0 Å². The predicted molar refractivity (Wildman–Crippen MR) is 53.6 cm³/mol. The summed E-state index contributed by atoms with van der Waals surface area (Å²) in [4.78, 5) is 0. The van der Waals surface area contributed by atoms with E-state index in [2.05, 4.69) is 12.2 Å². The highest BCUT2D eigenvalue weighted by atomic mass is 16.3. The molecule has 0 radical (unpaired) electrons. The van der Waals surface area contributed by atoms with Crippen molar-refractivity contribution in [2.75, 3.05) is 13.2 Å². The monoisotopic (exact) mass is 188 g/mol. The van der Waals surface area contributed by atoms with Crippen LogP contribution in [0.15, 0.2) is 45.6 Å². The third-order valence-electron chi connectivity index (χ3n) is 3.27. The Morgan fingerprint density at radius 2 is 1.86 bits per heavy atom. The average Bonchev–Trinajstić information content (AvgIpc) is 2.87. The minimum atomic E-state index is 0.137. The Bertz CT molecular complexity index is 433. The Balaban J connectivity index is 2.06. The van der Waals surface area contributed by atoms with Crippen molar-refractivity contribution < 1.29 is 10.2 Å². The van der Waals surface area contributed by atoms with Gasteiger partial charge in [-0.3, -0.25) is 0 Å². The summed E-state index contributed by atoms with van der Waals surface area (Å²) in [6.07, 6.45) is 6.08. The summed E-state index contributed by atoms with van der Waals surface area (Å²) in [5.74, 6) is 0. The first-order valence-electron chi connectivity index (χ1n) is 4.91. The molecule has 2 N–H and O–H groups in total. The molecular weight excluding hydrogens is 176 g/mol. The van der Waals surface area contributed by atoms with E-state index in [4.69, 9.17) is 10.2 Å². The van der Waals surface area contributed by atoms with Crippen LogP contribution < -0.4 is 0 Å². The minimum Gasteiger partial charge on any atom is -0.392 e. The van der Waals surface area contributed by atoms with Gasteiger partial charge in [0.1, 0.15) is 0 Å². The Hall–Kier alpha value is -1.12. The van der Waals surface area contributed by atoms with E-state index in [1.807, 2.05) is 0 Å². The Morgan fingerprint density at radius 3 is 2.57 bits per heavy atom. The van der Waals surface area contributed by atoms with Crippen LogP contribution in [0.5, 0.6) is 0 Å². The average molecular weight is 188 g/mol. The number of hydrogen-bond donors (Lipinski definition) is 2. The highest BCUT2D eigenvalue weighted by Crippen LogP contribution is 2.49. The molecule has 0 spiro atoms. The first kappa shape index (κ1) is 8.21. The van der Waals surface area contributed by atoms with Gasteiger partial charge in [0.15, 0.2) is 0 Å². The van der Waals surface area contributed by atoms with Gasteiger partial charge in [-0.2, -0.15) is 0 Å². The van der Waals surface area contributed by atoms with Crippen molar-refractivity contribution in [2.24, 2.45) is 0 Å². The smallest absolute Gasteiger partial charge is 0.0684 e. The van der Waals surface area contributed by atoms with Gasteiger partial charge in [-0.05, 0) is 46.3 Å². The van der Waals surface area contributed by atoms with Crippen molar-refractivity contribution >= 4 is 0 Å². The van der Waals surface area contributed by atoms with Crippen LogP contribution in [0.3, 0.4) is 0 Å². The zero-order chi connectivity index (χ0) is 9.71. The summed E-state index contributed by atoms with van der Waals surface area (Å²) < 4.78 is 0. The minimum absolute atomic E-state index is 0.137. The van der Waals surface area contributed by atoms with E-state index in [1.54, 1.807) is 0 Å². The summed E-state index contributed by atoms with van der Waals surface area (Å²) in [5.41, 5.74) is 7.43. The van der Waals surface area contributed by atoms with E-state index in [0.29, 0.717) is 0 Å². The highest BCUT2D eigenvalue weighted by Gasteiger charge is 2.32. The Labute approximate surface area is 82.6 Å². The van der Waals surface area contributed by atoms with Gasteiger partial charge < -0.3 is 10.2 Å². The zero-order valence-corrected chi connectivity index (χ0v) is 7.88. The molecule has 3 aliphatic rings. The molecule has 0 saturated heterocycles. The summed E-state index contributed by atoms with van der Waals surface area (Å²) >= 11 is 0. The number of aliphatic hydroxyl groups excluding tert-OH is 2. The number of aliphatic hydroxyl groups is 2. The molecule has 0 fully saturated rings. The van der Waals surface area contributed by atoms with Gasteiger partial charge in [0.2, 0.25) is 0 Å². The van der Waals surface area contributed by atoms with Gasteiger partial charge in [0.05, 0.1) is 13.2 Å². The largest absolute Gasteiger partial charge is 0.392 e. The summed E-state index contributed by atoms with van der Waals surface area (Å²) in [6.45, 7) is 0.292. The van der Waals surface area contributed by atoms with E-state index in [9.17, 15) is 0 Å². The van der Waals surface area contributed by atoms with E-state index < -0.39 is 0 Å². The quantitative estimate of drug-likeness (QED) is 0.684. The fourth-order valence-electron chi connectivity index (χ4n) is 2.58. The van der Waals surface area contributed by atoms with Crippen molar-refractivity contribution in [1.82, 2.24) is 0 Å². The number of hydrogen-bond acceptors (Lipinski definition) is 2. The van der Waals surface area contributed by atoms with Crippen molar-refractivity contribution in [1.29, 1.82) is 0 Å². The van der Waals surface area contributed by atoms with E-state index in [0.717, 1.165) is 24.0 Å². The highest BCUT2D eigenvalue weighted by molar-refractivity contribution is 5.71. The molecule has 2 bridgehead atoms. The molecular formula is C12H12O2. The van der Waals surface area contributed by atoms with Gasteiger partial charge in [0, 0.05) is 0 Å². The molecule has 72 valence electrons. The Morgan fingerprint density at radius 1 is 1.00 bits per heavy atom. The van der Waals surface area contributed by atoms with Crippen LogP contribution in [-0.4, -0.2) is 23.4 Å². The molecule has 2 nitrogen and oxygen atoms in total. The lowest BCUT2D eigenvalue weighted by Gasteiger charge is -2.05. The summed E-state index contributed by atoms with van der Waals surface area (Å²) in [6, 6.07) is 0. The molecule has 0 atom stereocenters. The molecule has 0 heterocycles. The van der Waals surface area contributed by atoms with E-state index in [1.165, 1.54) is 22.3 Å². The lowest BCUT2D eigenvalue weighted by Crippen LogP contribution is -1.92. The normalized spacial score (nSPS) is 23.3.